The van der Waals surface area contributed by atoms with Crippen molar-refractivity contribution in [3.63, 3.8) is 0 Å². The first-order chi connectivity index (χ1) is 12.6. The van der Waals surface area contributed by atoms with Crippen molar-refractivity contribution >= 4 is 11.6 Å². The molecule has 26 heavy (non-hydrogen) atoms. The minimum absolute atomic E-state index is 0.00466. The lowest BCUT2D eigenvalue weighted by atomic mass is 10.1. The standard InChI is InChI=1S/C18H27N7O/c1-3-24-12-9-21-17(18(24)26)25-10-4-5-14(7-11-25)23(2)13-16-20-8-6-15(19)22-16/h6,8-9,12,14H,3-5,7,10-11,13H2,1-2H3,(H2,19,20,22)/t14-/m0/s1. The zero-order chi connectivity index (χ0) is 18.5. The molecule has 1 saturated heterocycles. The van der Waals surface area contributed by atoms with Gasteiger partial charge in [-0.25, -0.2) is 15.0 Å². The summed E-state index contributed by atoms with van der Waals surface area (Å²) < 4.78 is 1.70. The third kappa shape index (κ3) is 4.19. The number of rotatable bonds is 5. The number of nitrogens with zero attached hydrogens (tertiary/aromatic N) is 6. The van der Waals surface area contributed by atoms with Crippen LogP contribution in [0.2, 0.25) is 0 Å². The molecule has 0 unspecified atom stereocenters. The molecule has 0 amide bonds. The van der Waals surface area contributed by atoms with E-state index in [0.29, 0.717) is 30.8 Å². The summed E-state index contributed by atoms with van der Waals surface area (Å²) in [5.41, 5.74) is 5.74. The van der Waals surface area contributed by atoms with Crippen molar-refractivity contribution in [2.24, 2.45) is 0 Å². The molecule has 0 aliphatic carbocycles. The van der Waals surface area contributed by atoms with Crippen LogP contribution in [0.5, 0.6) is 0 Å². The van der Waals surface area contributed by atoms with E-state index in [4.69, 9.17) is 5.73 Å². The first-order valence-corrected chi connectivity index (χ1v) is 9.16. The Balaban J connectivity index is 1.65. The molecule has 0 saturated carbocycles. The Morgan fingerprint density at radius 3 is 2.88 bits per heavy atom. The van der Waals surface area contributed by atoms with Crippen LogP contribution in [0.1, 0.15) is 32.0 Å². The van der Waals surface area contributed by atoms with Gasteiger partial charge < -0.3 is 15.2 Å². The van der Waals surface area contributed by atoms with Gasteiger partial charge >= 0.3 is 0 Å². The topological polar surface area (TPSA) is 93.2 Å². The second-order valence-electron chi connectivity index (χ2n) is 6.73. The van der Waals surface area contributed by atoms with Gasteiger partial charge in [0.15, 0.2) is 5.82 Å². The van der Waals surface area contributed by atoms with Crippen LogP contribution in [0.15, 0.2) is 29.5 Å². The molecule has 3 heterocycles. The predicted molar refractivity (Wildman–Crippen MR) is 102 cm³/mol. The SMILES string of the molecule is CCn1ccnc(N2CCC[C@H](N(C)Cc3nccc(N)n3)CC2)c1=O. The number of aryl methyl sites for hydroxylation is 1. The maximum absolute atomic E-state index is 12.5. The Morgan fingerprint density at radius 1 is 1.27 bits per heavy atom. The number of anilines is 2. The van der Waals surface area contributed by atoms with E-state index in [9.17, 15) is 4.79 Å². The minimum Gasteiger partial charge on any atom is -0.384 e. The summed E-state index contributed by atoms with van der Waals surface area (Å²) in [6.07, 6.45) is 8.22. The summed E-state index contributed by atoms with van der Waals surface area (Å²) >= 11 is 0. The molecule has 0 radical (unpaired) electrons. The Bertz CT molecular complexity index is 791. The van der Waals surface area contributed by atoms with Crippen LogP contribution < -0.4 is 16.2 Å². The van der Waals surface area contributed by atoms with Crippen LogP contribution in [0.25, 0.3) is 0 Å². The summed E-state index contributed by atoms with van der Waals surface area (Å²) in [6.45, 7) is 4.98. The minimum atomic E-state index is -0.00466. The highest BCUT2D eigenvalue weighted by molar-refractivity contribution is 5.35. The molecule has 0 aromatic carbocycles. The van der Waals surface area contributed by atoms with Crippen molar-refractivity contribution in [1.29, 1.82) is 0 Å². The fraction of sp³-hybridized carbons (Fsp3) is 0.556. The van der Waals surface area contributed by atoms with E-state index in [2.05, 4.69) is 31.8 Å². The van der Waals surface area contributed by atoms with Gasteiger partial charge in [0.1, 0.15) is 11.6 Å². The predicted octanol–water partition coefficient (Wildman–Crippen LogP) is 1.13. The zero-order valence-electron chi connectivity index (χ0n) is 15.5. The Labute approximate surface area is 153 Å². The van der Waals surface area contributed by atoms with Crippen LogP contribution in [0.4, 0.5) is 11.6 Å². The van der Waals surface area contributed by atoms with E-state index >= 15 is 0 Å². The van der Waals surface area contributed by atoms with Crippen LogP contribution in [-0.4, -0.2) is 50.6 Å². The van der Waals surface area contributed by atoms with E-state index in [0.717, 1.165) is 38.2 Å². The van der Waals surface area contributed by atoms with Gasteiger partial charge in [0.25, 0.3) is 5.56 Å². The van der Waals surface area contributed by atoms with Crippen molar-refractivity contribution in [2.75, 3.05) is 30.8 Å². The largest absolute Gasteiger partial charge is 0.384 e. The average Bonchev–Trinajstić information content (AvgIpc) is 2.88. The van der Waals surface area contributed by atoms with Crippen LogP contribution in [0, 0.1) is 0 Å². The molecule has 3 rings (SSSR count). The third-order valence-electron chi connectivity index (χ3n) is 4.97. The second-order valence-corrected chi connectivity index (χ2v) is 6.73. The number of nitrogens with two attached hydrogens (primary N) is 1. The van der Waals surface area contributed by atoms with Crippen molar-refractivity contribution in [3.8, 4) is 0 Å². The van der Waals surface area contributed by atoms with E-state index in [1.54, 1.807) is 29.2 Å². The number of nitrogen functional groups attached to an aromatic ring is 1. The maximum atomic E-state index is 12.5. The highest BCUT2D eigenvalue weighted by Gasteiger charge is 2.23. The molecule has 8 heteroatoms. The highest BCUT2D eigenvalue weighted by atomic mass is 16.1. The zero-order valence-corrected chi connectivity index (χ0v) is 15.5. The third-order valence-corrected chi connectivity index (χ3v) is 4.97. The lowest BCUT2D eigenvalue weighted by molar-refractivity contribution is 0.212. The number of hydrogen-bond donors (Lipinski definition) is 1. The Morgan fingerprint density at radius 2 is 2.12 bits per heavy atom. The molecule has 2 aromatic heterocycles. The fourth-order valence-corrected chi connectivity index (χ4v) is 3.48. The number of hydrogen-bond acceptors (Lipinski definition) is 7. The lowest BCUT2D eigenvalue weighted by Gasteiger charge is -2.26. The molecule has 1 atom stereocenters. The molecule has 0 bridgehead atoms. The van der Waals surface area contributed by atoms with E-state index in [1.807, 2.05) is 6.92 Å². The molecule has 1 aliphatic rings. The van der Waals surface area contributed by atoms with Gasteiger partial charge in [0.2, 0.25) is 0 Å². The van der Waals surface area contributed by atoms with Gasteiger partial charge in [-0.15, -0.1) is 0 Å². The summed E-state index contributed by atoms with van der Waals surface area (Å²) in [6, 6.07) is 2.12. The van der Waals surface area contributed by atoms with Gasteiger partial charge in [-0.05, 0) is 39.3 Å². The van der Waals surface area contributed by atoms with E-state index in [1.165, 1.54) is 0 Å². The van der Waals surface area contributed by atoms with Gasteiger partial charge in [-0.2, -0.15) is 0 Å². The number of aromatic nitrogens is 4. The van der Waals surface area contributed by atoms with Gasteiger partial charge in [0.05, 0.1) is 6.54 Å². The van der Waals surface area contributed by atoms with Gasteiger partial charge in [0, 0.05) is 44.3 Å². The summed E-state index contributed by atoms with van der Waals surface area (Å²) in [4.78, 5) is 29.8. The summed E-state index contributed by atoms with van der Waals surface area (Å²) in [5.74, 6) is 1.80. The average molecular weight is 357 g/mol. The molecule has 1 fully saturated rings. The summed E-state index contributed by atoms with van der Waals surface area (Å²) in [5, 5.41) is 0. The van der Waals surface area contributed by atoms with E-state index < -0.39 is 0 Å². The van der Waals surface area contributed by atoms with Crippen molar-refractivity contribution < 1.29 is 0 Å². The van der Waals surface area contributed by atoms with Gasteiger partial charge in [-0.1, -0.05) is 0 Å². The normalized spacial score (nSPS) is 18.1. The molecular formula is C18H27N7O. The first kappa shape index (κ1) is 18.3. The smallest absolute Gasteiger partial charge is 0.293 e. The van der Waals surface area contributed by atoms with Crippen LogP contribution >= 0.6 is 0 Å². The summed E-state index contributed by atoms with van der Waals surface area (Å²) in [7, 11) is 2.09. The van der Waals surface area contributed by atoms with Crippen molar-refractivity contribution in [2.45, 2.75) is 45.3 Å². The van der Waals surface area contributed by atoms with Gasteiger partial charge in [-0.3, -0.25) is 9.69 Å². The molecule has 1 aliphatic heterocycles. The molecule has 2 N–H and O–H groups in total. The van der Waals surface area contributed by atoms with Crippen molar-refractivity contribution in [1.82, 2.24) is 24.4 Å². The molecule has 0 spiro atoms. The fourth-order valence-electron chi connectivity index (χ4n) is 3.48. The second kappa shape index (κ2) is 8.27. The highest BCUT2D eigenvalue weighted by Crippen LogP contribution is 2.19. The van der Waals surface area contributed by atoms with Crippen molar-refractivity contribution in [3.05, 3.63) is 40.8 Å². The molecule has 140 valence electrons. The molecular weight excluding hydrogens is 330 g/mol. The quantitative estimate of drug-likeness (QED) is 0.857. The Kier molecular flexibility index (Phi) is 5.82. The van der Waals surface area contributed by atoms with Crippen LogP contribution in [0.3, 0.4) is 0 Å². The first-order valence-electron chi connectivity index (χ1n) is 9.16. The lowest BCUT2D eigenvalue weighted by Crippen LogP contribution is -2.36. The monoisotopic (exact) mass is 357 g/mol. The van der Waals surface area contributed by atoms with Crippen LogP contribution in [-0.2, 0) is 13.1 Å². The molecule has 2 aromatic rings. The molecule has 8 nitrogen and oxygen atoms in total. The van der Waals surface area contributed by atoms with E-state index in [-0.39, 0.29) is 5.56 Å². The Hall–Kier alpha value is -2.48. The maximum Gasteiger partial charge on any atom is 0.293 e.